The molecule has 5 rings (SSSR count). The van der Waals surface area contributed by atoms with E-state index in [1.807, 2.05) is 0 Å². The number of halogens is 4. The third-order valence-corrected chi connectivity index (χ3v) is 5.59. The standard InChI is InChI=1S/C26H17F4N5O/c1-15-22-19(4-2-13-35(22)24(33-15)23-31-11-3-12-32-23)16-5-10-21(26(28,29)30)20(14-16)25(36)34-18-8-6-17(27)7-9-18/h2-14H,1H3,(H,34,36). The molecule has 36 heavy (non-hydrogen) atoms. The quantitative estimate of drug-likeness (QED) is 0.305. The first-order valence-corrected chi connectivity index (χ1v) is 10.8. The molecule has 0 aliphatic heterocycles. The van der Waals surface area contributed by atoms with E-state index in [-0.39, 0.29) is 5.69 Å². The van der Waals surface area contributed by atoms with Crippen LogP contribution in [0.5, 0.6) is 0 Å². The van der Waals surface area contributed by atoms with Gasteiger partial charge in [0, 0.05) is 29.8 Å². The molecule has 0 aliphatic carbocycles. The lowest BCUT2D eigenvalue weighted by molar-refractivity contribution is -0.137. The number of carbonyl (C=O) groups is 1. The van der Waals surface area contributed by atoms with Gasteiger partial charge in [0.1, 0.15) is 5.82 Å². The largest absolute Gasteiger partial charge is 0.417 e. The fourth-order valence-electron chi connectivity index (χ4n) is 4.00. The Balaban J connectivity index is 1.63. The predicted octanol–water partition coefficient (Wildman–Crippen LogP) is 6.18. The van der Waals surface area contributed by atoms with Crippen LogP contribution < -0.4 is 5.32 Å². The Kier molecular flexibility index (Phi) is 5.71. The van der Waals surface area contributed by atoms with Crippen LogP contribution in [0.15, 0.2) is 79.3 Å². The average molecular weight is 491 g/mol. The van der Waals surface area contributed by atoms with E-state index in [1.165, 1.54) is 24.3 Å². The number of amides is 1. The lowest BCUT2D eigenvalue weighted by atomic mass is 9.97. The van der Waals surface area contributed by atoms with E-state index in [1.54, 1.807) is 48.1 Å². The van der Waals surface area contributed by atoms with Crippen molar-refractivity contribution in [3.63, 3.8) is 0 Å². The van der Waals surface area contributed by atoms with E-state index >= 15 is 0 Å². The number of carbonyl (C=O) groups excluding carboxylic acids is 1. The zero-order chi connectivity index (χ0) is 25.4. The van der Waals surface area contributed by atoms with Crippen LogP contribution in [-0.4, -0.2) is 25.3 Å². The van der Waals surface area contributed by atoms with Crippen molar-refractivity contribution >= 4 is 17.1 Å². The Morgan fingerprint density at radius 2 is 1.69 bits per heavy atom. The third kappa shape index (κ3) is 4.28. The summed E-state index contributed by atoms with van der Waals surface area (Å²) >= 11 is 0. The van der Waals surface area contributed by atoms with Crippen molar-refractivity contribution in [3.8, 4) is 22.8 Å². The minimum Gasteiger partial charge on any atom is -0.322 e. The molecular formula is C26H17F4N5O. The van der Waals surface area contributed by atoms with Crippen molar-refractivity contribution in [2.75, 3.05) is 5.32 Å². The highest BCUT2D eigenvalue weighted by Gasteiger charge is 2.35. The summed E-state index contributed by atoms with van der Waals surface area (Å²) in [4.78, 5) is 26.0. The number of nitrogens with one attached hydrogen (secondary N) is 1. The highest BCUT2D eigenvalue weighted by Crippen LogP contribution is 2.36. The van der Waals surface area contributed by atoms with E-state index in [4.69, 9.17) is 0 Å². The summed E-state index contributed by atoms with van der Waals surface area (Å²) in [7, 11) is 0. The molecule has 0 radical (unpaired) electrons. The SMILES string of the molecule is Cc1nc(-c2ncccn2)n2cccc(-c3ccc(C(F)(F)F)c(C(=O)Nc4ccc(F)cc4)c3)c12. The number of rotatable bonds is 4. The third-order valence-electron chi connectivity index (χ3n) is 5.59. The Morgan fingerprint density at radius 1 is 0.972 bits per heavy atom. The van der Waals surface area contributed by atoms with E-state index < -0.39 is 29.0 Å². The van der Waals surface area contributed by atoms with E-state index in [0.29, 0.717) is 34.0 Å². The number of fused-ring (bicyclic) bond motifs is 1. The Bertz CT molecular complexity index is 1580. The van der Waals surface area contributed by atoms with Gasteiger partial charge < -0.3 is 5.32 Å². The minimum atomic E-state index is -4.76. The molecule has 0 spiro atoms. The molecule has 0 atom stereocenters. The lowest BCUT2D eigenvalue weighted by Gasteiger charge is -2.15. The zero-order valence-electron chi connectivity index (χ0n) is 18.7. The topological polar surface area (TPSA) is 72.2 Å². The number of anilines is 1. The summed E-state index contributed by atoms with van der Waals surface area (Å²) in [6.07, 6.45) is 0.177. The van der Waals surface area contributed by atoms with Crippen molar-refractivity contribution in [1.29, 1.82) is 0 Å². The molecule has 3 aromatic heterocycles. The van der Waals surface area contributed by atoms with Crippen molar-refractivity contribution < 1.29 is 22.4 Å². The molecule has 0 saturated carbocycles. The van der Waals surface area contributed by atoms with Crippen LogP contribution in [0.4, 0.5) is 23.2 Å². The fraction of sp³-hybridized carbons (Fsp3) is 0.0769. The molecule has 2 aromatic carbocycles. The van der Waals surface area contributed by atoms with Crippen LogP contribution in [0.2, 0.25) is 0 Å². The maximum absolute atomic E-state index is 13.8. The van der Waals surface area contributed by atoms with Crippen molar-refractivity contribution in [2.45, 2.75) is 13.1 Å². The van der Waals surface area contributed by atoms with Crippen LogP contribution >= 0.6 is 0 Å². The van der Waals surface area contributed by atoms with Gasteiger partial charge in [-0.3, -0.25) is 9.20 Å². The molecule has 3 heterocycles. The van der Waals surface area contributed by atoms with Crippen molar-refractivity contribution in [3.05, 3.63) is 102 Å². The number of hydrogen-bond acceptors (Lipinski definition) is 4. The van der Waals surface area contributed by atoms with Crippen LogP contribution in [0.1, 0.15) is 21.6 Å². The van der Waals surface area contributed by atoms with Gasteiger partial charge in [0.05, 0.1) is 22.3 Å². The molecule has 0 aliphatic rings. The summed E-state index contributed by atoms with van der Waals surface area (Å²) in [6, 6.07) is 13.3. The first kappa shape index (κ1) is 23.2. The van der Waals surface area contributed by atoms with Crippen molar-refractivity contribution in [1.82, 2.24) is 19.4 Å². The van der Waals surface area contributed by atoms with Crippen molar-refractivity contribution in [2.24, 2.45) is 0 Å². The van der Waals surface area contributed by atoms with Crippen LogP contribution in [0.25, 0.3) is 28.3 Å². The first-order valence-electron chi connectivity index (χ1n) is 10.8. The fourth-order valence-corrected chi connectivity index (χ4v) is 4.00. The lowest BCUT2D eigenvalue weighted by Crippen LogP contribution is -2.19. The van der Waals surface area contributed by atoms with Crippen LogP contribution in [-0.2, 0) is 6.18 Å². The second-order valence-electron chi connectivity index (χ2n) is 7.95. The molecular weight excluding hydrogens is 474 g/mol. The summed E-state index contributed by atoms with van der Waals surface area (Å²) in [5, 5.41) is 2.41. The van der Waals surface area contributed by atoms with Gasteiger partial charge in [-0.15, -0.1) is 0 Å². The van der Waals surface area contributed by atoms with Gasteiger partial charge in [-0.25, -0.2) is 19.3 Å². The molecule has 1 amide bonds. The highest BCUT2D eigenvalue weighted by molar-refractivity contribution is 6.06. The van der Waals surface area contributed by atoms with Gasteiger partial charge >= 0.3 is 6.18 Å². The number of nitrogens with zero attached hydrogens (tertiary/aromatic N) is 4. The number of hydrogen-bond donors (Lipinski definition) is 1. The number of pyridine rings is 1. The van der Waals surface area contributed by atoms with Gasteiger partial charge in [0.25, 0.3) is 5.91 Å². The zero-order valence-corrected chi connectivity index (χ0v) is 18.7. The molecule has 180 valence electrons. The number of aryl methyl sites for hydroxylation is 1. The monoisotopic (exact) mass is 491 g/mol. The maximum atomic E-state index is 13.8. The second kappa shape index (κ2) is 8.88. The van der Waals surface area contributed by atoms with Crippen LogP contribution in [0, 0.1) is 12.7 Å². The van der Waals surface area contributed by atoms with E-state index in [9.17, 15) is 22.4 Å². The number of imidazole rings is 1. The number of alkyl halides is 3. The first-order chi connectivity index (χ1) is 17.2. The second-order valence-corrected chi connectivity index (χ2v) is 7.95. The van der Waals surface area contributed by atoms with Gasteiger partial charge in [0.2, 0.25) is 0 Å². The van der Waals surface area contributed by atoms with E-state index in [2.05, 4.69) is 20.3 Å². The highest BCUT2D eigenvalue weighted by atomic mass is 19.4. The van der Waals surface area contributed by atoms with Gasteiger partial charge in [-0.1, -0.05) is 12.1 Å². The van der Waals surface area contributed by atoms with E-state index in [0.717, 1.165) is 18.2 Å². The summed E-state index contributed by atoms with van der Waals surface area (Å²) in [6.45, 7) is 1.78. The normalized spacial score (nSPS) is 11.6. The predicted molar refractivity (Wildman–Crippen MR) is 126 cm³/mol. The van der Waals surface area contributed by atoms with Gasteiger partial charge in [0.15, 0.2) is 11.6 Å². The summed E-state index contributed by atoms with van der Waals surface area (Å²) in [5.74, 6) is -0.627. The molecule has 0 bridgehead atoms. The number of benzene rings is 2. The van der Waals surface area contributed by atoms with Gasteiger partial charge in [-0.05, 0) is 61.0 Å². The molecule has 0 fully saturated rings. The summed E-state index contributed by atoms with van der Waals surface area (Å²) in [5.41, 5.74) is 0.753. The van der Waals surface area contributed by atoms with Crippen LogP contribution in [0.3, 0.4) is 0 Å². The Morgan fingerprint density at radius 3 is 2.39 bits per heavy atom. The number of aromatic nitrogens is 4. The summed E-state index contributed by atoms with van der Waals surface area (Å²) < 4.78 is 56.3. The molecule has 0 saturated heterocycles. The maximum Gasteiger partial charge on any atom is 0.417 e. The molecule has 10 heteroatoms. The smallest absolute Gasteiger partial charge is 0.322 e. The molecule has 6 nitrogen and oxygen atoms in total. The average Bonchev–Trinajstić information content (AvgIpc) is 3.21. The molecule has 5 aromatic rings. The molecule has 1 N–H and O–H groups in total. The minimum absolute atomic E-state index is 0.168. The molecule has 0 unspecified atom stereocenters. The Hall–Kier alpha value is -4.60. The van der Waals surface area contributed by atoms with Gasteiger partial charge in [-0.2, -0.15) is 13.2 Å². The Labute approximate surface area is 202 Å².